The maximum Gasteiger partial charge on any atom is 0.342 e. The van der Waals surface area contributed by atoms with Gasteiger partial charge in [0, 0.05) is 12.0 Å². The summed E-state index contributed by atoms with van der Waals surface area (Å²) in [5.74, 6) is -0.430. The molecule has 39 heavy (non-hydrogen) atoms. The summed E-state index contributed by atoms with van der Waals surface area (Å²) < 4.78 is 19.6. The van der Waals surface area contributed by atoms with E-state index in [0.717, 1.165) is 38.2 Å². The number of hydrogen-bond donors (Lipinski definition) is 0. The van der Waals surface area contributed by atoms with E-state index in [0.29, 0.717) is 6.42 Å². The zero-order chi connectivity index (χ0) is 27.0. The SMILES string of the molecule is CC(C)(C)OC(=O)[C@]1(Cc2ccccc2)O[C@H](c2ccc3ccccc3c2)O[C@@H]1c1ccc2ccccc2c1. The largest absolute Gasteiger partial charge is 0.458 e. The third-order valence-electron chi connectivity index (χ3n) is 7.18. The van der Waals surface area contributed by atoms with Crippen LogP contribution in [0.4, 0.5) is 0 Å². The normalized spacial score (nSPS) is 21.3. The van der Waals surface area contributed by atoms with Crippen LogP contribution in [-0.4, -0.2) is 17.2 Å². The molecule has 0 aromatic heterocycles. The molecule has 1 aliphatic heterocycles. The van der Waals surface area contributed by atoms with Crippen LogP contribution in [0.5, 0.6) is 0 Å². The van der Waals surface area contributed by atoms with Gasteiger partial charge in [0.1, 0.15) is 11.7 Å². The highest BCUT2D eigenvalue weighted by Crippen LogP contribution is 2.50. The summed E-state index contributed by atoms with van der Waals surface area (Å²) in [7, 11) is 0. The first-order chi connectivity index (χ1) is 18.8. The van der Waals surface area contributed by atoms with E-state index < -0.39 is 29.6 Å². The van der Waals surface area contributed by atoms with E-state index in [-0.39, 0.29) is 0 Å². The maximum atomic E-state index is 14.2. The Morgan fingerprint density at radius 3 is 1.87 bits per heavy atom. The molecule has 0 N–H and O–H groups in total. The Morgan fingerprint density at radius 1 is 0.718 bits per heavy atom. The molecular formula is C35H32O4. The second kappa shape index (κ2) is 9.96. The van der Waals surface area contributed by atoms with E-state index >= 15 is 0 Å². The molecule has 3 atom stereocenters. The van der Waals surface area contributed by atoms with Crippen molar-refractivity contribution in [3.05, 3.63) is 132 Å². The average molecular weight is 517 g/mol. The molecule has 1 fully saturated rings. The smallest absolute Gasteiger partial charge is 0.342 e. The Labute approximate surface area is 229 Å². The van der Waals surface area contributed by atoms with Crippen LogP contribution in [0.15, 0.2) is 115 Å². The number of benzene rings is 5. The van der Waals surface area contributed by atoms with Crippen LogP contribution < -0.4 is 0 Å². The van der Waals surface area contributed by atoms with Crippen LogP contribution >= 0.6 is 0 Å². The van der Waals surface area contributed by atoms with Gasteiger partial charge in [-0.3, -0.25) is 0 Å². The number of carbonyl (C=O) groups excluding carboxylic acids is 1. The minimum Gasteiger partial charge on any atom is -0.458 e. The van der Waals surface area contributed by atoms with Gasteiger partial charge in [0.05, 0.1) is 0 Å². The fourth-order valence-corrected chi connectivity index (χ4v) is 5.36. The summed E-state index contributed by atoms with van der Waals surface area (Å²) in [6.07, 6.45) is -1.12. The van der Waals surface area contributed by atoms with Gasteiger partial charge in [0.25, 0.3) is 0 Å². The predicted molar refractivity (Wildman–Crippen MR) is 154 cm³/mol. The summed E-state index contributed by atoms with van der Waals surface area (Å²) in [6, 6.07) is 38.6. The quantitative estimate of drug-likeness (QED) is 0.221. The highest BCUT2D eigenvalue weighted by molar-refractivity contribution is 5.86. The summed E-state index contributed by atoms with van der Waals surface area (Å²) in [5.41, 5.74) is 0.612. The molecule has 0 spiro atoms. The Hall–Kier alpha value is -3.99. The number of hydrogen-bond acceptors (Lipinski definition) is 4. The summed E-state index contributed by atoms with van der Waals surface area (Å²) >= 11 is 0. The molecular weight excluding hydrogens is 484 g/mol. The average Bonchev–Trinajstić information content (AvgIpc) is 3.33. The molecule has 196 valence electrons. The van der Waals surface area contributed by atoms with Crippen LogP contribution in [0, 0.1) is 0 Å². The van der Waals surface area contributed by atoms with Crippen LogP contribution in [0.2, 0.25) is 0 Å². The molecule has 0 aliphatic carbocycles. The molecule has 0 unspecified atom stereocenters. The zero-order valence-electron chi connectivity index (χ0n) is 22.5. The van der Waals surface area contributed by atoms with Crippen LogP contribution in [0.3, 0.4) is 0 Å². The van der Waals surface area contributed by atoms with Gasteiger partial charge in [0.2, 0.25) is 5.60 Å². The first kappa shape index (κ1) is 25.3. The lowest BCUT2D eigenvalue weighted by Crippen LogP contribution is -2.49. The van der Waals surface area contributed by atoms with E-state index in [9.17, 15) is 4.79 Å². The third-order valence-corrected chi connectivity index (χ3v) is 7.18. The molecule has 4 nitrogen and oxygen atoms in total. The van der Waals surface area contributed by atoms with E-state index in [4.69, 9.17) is 14.2 Å². The van der Waals surface area contributed by atoms with Crippen molar-refractivity contribution in [2.24, 2.45) is 0 Å². The Balaban J connectivity index is 1.50. The standard InChI is InChI=1S/C35H32O4/c1-34(2,3)39-33(36)35(23-24-11-5-4-6-12-24)31(29-19-17-25-13-7-9-15-27(25)21-29)37-32(38-35)30-20-18-26-14-8-10-16-28(26)22-30/h4-22,31-32H,23H2,1-3H3/t31-,32-,35-/m1/s1. The van der Waals surface area contributed by atoms with Crippen molar-refractivity contribution >= 4 is 27.5 Å². The van der Waals surface area contributed by atoms with Gasteiger partial charge in [-0.25, -0.2) is 4.79 Å². The molecule has 1 aliphatic rings. The van der Waals surface area contributed by atoms with Gasteiger partial charge >= 0.3 is 5.97 Å². The number of carbonyl (C=O) groups is 1. The second-order valence-electron chi connectivity index (χ2n) is 11.2. The topological polar surface area (TPSA) is 44.8 Å². The van der Waals surface area contributed by atoms with E-state index in [2.05, 4.69) is 48.5 Å². The maximum absolute atomic E-state index is 14.2. The van der Waals surface area contributed by atoms with Crippen LogP contribution in [0.1, 0.15) is 49.9 Å². The van der Waals surface area contributed by atoms with Crippen molar-refractivity contribution in [3.8, 4) is 0 Å². The van der Waals surface area contributed by atoms with E-state index in [1.165, 1.54) is 0 Å². The lowest BCUT2D eigenvalue weighted by molar-refractivity contribution is -0.184. The minimum atomic E-state index is -1.40. The second-order valence-corrected chi connectivity index (χ2v) is 11.2. The molecule has 0 bridgehead atoms. The molecule has 0 amide bonds. The van der Waals surface area contributed by atoms with Crippen molar-refractivity contribution in [3.63, 3.8) is 0 Å². The van der Waals surface area contributed by atoms with Gasteiger partial charge in [-0.2, -0.15) is 0 Å². The van der Waals surface area contributed by atoms with Crippen LogP contribution in [-0.2, 0) is 25.4 Å². The van der Waals surface area contributed by atoms with Crippen molar-refractivity contribution in [2.75, 3.05) is 0 Å². The first-order valence-corrected chi connectivity index (χ1v) is 13.4. The van der Waals surface area contributed by atoms with Gasteiger partial charge in [0.15, 0.2) is 6.29 Å². The van der Waals surface area contributed by atoms with Crippen molar-refractivity contribution < 1.29 is 19.0 Å². The van der Waals surface area contributed by atoms with Crippen LogP contribution in [0.25, 0.3) is 21.5 Å². The van der Waals surface area contributed by atoms with Gasteiger partial charge in [-0.15, -0.1) is 0 Å². The van der Waals surface area contributed by atoms with Gasteiger partial charge in [-0.1, -0.05) is 103 Å². The first-order valence-electron chi connectivity index (χ1n) is 13.4. The lowest BCUT2D eigenvalue weighted by Gasteiger charge is -2.34. The molecule has 0 radical (unpaired) electrons. The Morgan fingerprint density at radius 2 is 1.26 bits per heavy atom. The number of esters is 1. The molecule has 0 saturated carbocycles. The fraction of sp³-hybridized carbons (Fsp3) is 0.229. The Kier molecular flexibility index (Phi) is 6.46. The molecule has 1 saturated heterocycles. The molecule has 6 rings (SSSR count). The van der Waals surface area contributed by atoms with E-state index in [1.54, 1.807) is 0 Å². The fourth-order valence-electron chi connectivity index (χ4n) is 5.36. The monoisotopic (exact) mass is 516 g/mol. The number of rotatable bonds is 5. The minimum absolute atomic E-state index is 0.310. The highest BCUT2D eigenvalue weighted by Gasteiger charge is 2.58. The summed E-state index contributed by atoms with van der Waals surface area (Å²) in [5, 5.41) is 4.41. The van der Waals surface area contributed by atoms with Crippen molar-refractivity contribution in [1.29, 1.82) is 0 Å². The molecule has 5 aromatic rings. The predicted octanol–water partition coefficient (Wildman–Crippen LogP) is 8.10. The molecule has 4 heteroatoms. The summed E-state index contributed by atoms with van der Waals surface area (Å²) in [6.45, 7) is 5.63. The van der Waals surface area contributed by atoms with Crippen molar-refractivity contribution in [2.45, 2.75) is 50.8 Å². The zero-order valence-corrected chi connectivity index (χ0v) is 22.5. The Bertz CT molecular complexity index is 1640. The summed E-state index contributed by atoms with van der Waals surface area (Å²) in [4.78, 5) is 14.2. The van der Waals surface area contributed by atoms with Crippen molar-refractivity contribution in [1.82, 2.24) is 0 Å². The lowest BCUT2D eigenvalue weighted by atomic mass is 9.84. The van der Waals surface area contributed by atoms with Gasteiger partial charge < -0.3 is 14.2 Å². The third kappa shape index (κ3) is 5.06. The molecule has 5 aromatic carbocycles. The van der Waals surface area contributed by atoms with Gasteiger partial charge in [-0.05, 0) is 65.6 Å². The number of fused-ring (bicyclic) bond motifs is 2. The number of ether oxygens (including phenoxy) is 3. The highest BCUT2D eigenvalue weighted by atomic mass is 16.8. The molecule has 1 heterocycles. The van der Waals surface area contributed by atoms with E-state index in [1.807, 2.05) is 87.5 Å².